The highest BCUT2D eigenvalue weighted by atomic mass is 16.6. The number of piperidine rings is 1. The Morgan fingerprint density at radius 1 is 1.14 bits per heavy atom. The quantitative estimate of drug-likeness (QED) is 0.607. The Morgan fingerprint density at radius 2 is 1.78 bits per heavy atom. The number of carbonyl (C=O) groups is 4. The molecule has 1 aliphatic carbocycles. The first-order valence-corrected chi connectivity index (χ1v) is 11.9. The van der Waals surface area contributed by atoms with Gasteiger partial charge in [0.15, 0.2) is 0 Å². The average molecular weight is 498 g/mol. The highest BCUT2D eigenvalue weighted by molar-refractivity contribution is 5.90. The summed E-state index contributed by atoms with van der Waals surface area (Å²) in [6.45, 7) is 7.95. The van der Waals surface area contributed by atoms with Crippen LogP contribution in [0.25, 0.3) is 0 Å². The van der Waals surface area contributed by atoms with E-state index in [0.29, 0.717) is 25.3 Å². The minimum atomic E-state index is -0.673. The standard InChI is InChI=1S/C25H31N5O6/c1-15(31)27-9-18-11-30(23(34)35-18)17-7-5-16(6-8-17)25(14-26)19-12-29(13-20(19)25)21(32)10-28-22(33)36-24(2,3)4/h5-8,18-20H,9-13H2,1-4H3,(H,27,31)(H,28,33)/t18-,19-,20-/m0/s1. The molecule has 4 amide bonds. The zero-order chi connectivity index (χ0) is 26.3. The number of ether oxygens (including phenoxy) is 2. The lowest BCUT2D eigenvalue weighted by Crippen LogP contribution is -2.43. The van der Waals surface area contributed by atoms with Gasteiger partial charge in [-0.1, -0.05) is 12.1 Å². The molecule has 4 rings (SSSR count). The molecule has 0 bridgehead atoms. The lowest BCUT2D eigenvalue weighted by molar-refractivity contribution is -0.129. The van der Waals surface area contributed by atoms with E-state index in [4.69, 9.17) is 9.47 Å². The van der Waals surface area contributed by atoms with E-state index in [2.05, 4.69) is 16.7 Å². The van der Waals surface area contributed by atoms with Crippen LogP contribution in [0.1, 0.15) is 33.3 Å². The Balaban J connectivity index is 1.33. The van der Waals surface area contributed by atoms with E-state index in [1.165, 1.54) is 11.8 Å². The van der Waals surface area contributed by atoms with Crippen molar-refractivity contribution in [2.75, 3.05) is 37.6 Å². The number of alkyl carbamates (subject to hydrolysis) is 1. The zero-order valence-corrected chi connectivity index (χ0v) is 20.9. The fourth-order valence-corrected chi connectivity index (χ4v) is 5.08. The van der Waals surface area contributed by atoms with Gasteiger partial charge in [-0.15, -0.1) is 0 Å². The summed E-state index contributed by atoms with van der Waals surface area (Å²) in [4.78, 5) is 50.9. The molecule has 2 heterocycles. The summed E-state index contributed by atoms with van der Waals surface area (Å²) >= 11 is 0. The molecule has 1 aromatic rings. The number of cyclic esters (lactones) is 1. The third-order valence-electron chi connectivity index (χ3n) is 6.81. The first-order valence-electron chi connectivity index (χ1n) is 11.9. The van der Waals surface area contributed by atoms with Crippen LogP contribution in [0.5, 0.6) is 0 Å². The second-order valence-corrected chi connectivity index (χ2v) is 10.4. The SMILES string of the molecule is CC(=O)NC[C@H]1CN(c2ccc(C3(C#N)[C@H]4CN(C(=O)CNC(=O)OC(C)(C)C)C[C@@H]43)cc2)C(=O)O1. The summed E-state index contributed by atoms with van der Waals surface area (Å²) in [6.07, 6.45) is -1.55. The van der Waals surface area contributed by atoms with Crippen molar-refractivity contribution in [1.29, 1.82) is 5.26 Å². The molecule has 2 aliphatic heterocycles. The Hall–Kier alpha value is -3.81. The van der Waals surface area contributed by atoms with Crippen LogP contribution >= 0.6 is 0 Å². The van der Waals surface area contributed by atoms with Crippen molar-refractivity contribution in [3.63, 3.8) is 0 Å². The third-order valence-corrected chi connectivity index (χ3v) is 6.81. The normalized spacial score (nSPS) is 26.5. The number of nitrogens with one attached hydrogen (secondary N) is 2. The van der Waals surface area contributed by atoms with Gasteiger partial charge in [0.1, 0.15) is 18.2 Å². The predicted molar refractivity (Wildman–Crippen MR) is 128 cm³/mol. The van der Waals surface area contributed by atoms with Crippen molar-refractivity contribution in [2.24, 2.45) is 11.8 Å². The van der Waals surface area contributed by atoms with Crippen LogP contribution in [0.4, 0.5) is 15.3 Å². The molecule has 0 radical (unpaired) electrons. The number of benzene rings is 1. The average Bonchev–Trinajstić information content (AvgIpc) is 3.10. The number of nitrogens with zero attached hydrogens (tertiary/aromatic N) is 3. The lowest BCUT2D eigenvalue weighted by Gasteiger charge is -2.24. The van der Waals surface area contributed by atoms with Crippen LogP contribution in [0.15, 0.2) is 24.3 Å². The predicted octanol–water partition coefficient (Wildman–Crippen LogP) is 1.52. The molecule has 3 fully saturated rings. The maximum absolute atomic E-state index is 12.6. The van der Waals surface area contributed by atoms with Crippen LogP contribution in [0.3, 0.4) is 0 Å². The molecule has 192 valence electrons. The van der Waals surface area contributed by atoms with Gasteiger partial charge in [-0.2, -0.15) is 5.26 Å². The molecular formula is C25H31N5O6. The number of amides is 4. The maximum atomic E-state index is 12.6. The number of fused-ring (bicyclic) bond motifs is 1. The van der Waals surface area contributed by atoms with Gasteiger partial charge in [-0.3, -0.25) is 14.5 Å². The summed E-state index contributed by atoms with van der Waals surface area (Å²) in [5.74, 6) is -0.378. The highest BCUT2D eigenvalue weighted by Gasteiger charge is 2.70. The maximum Gasteiger partial charge on any atom is 0.414 e. The molecule has 0 aromatic heterocycles. The molecule has 2 saturated heterocycles. The first-order chi connectivity index (χ1) is 16.9. The summed E-state index contributed by atoms with van der Waals surface area (Å²) in [5.41, 5.74) is 0.185. The number of nitriles is 1. The molecule has 1 saturated carbocycles. The molecule has 11 heteroatoms. The van der Waals surface area contributed by atoms with E-state index in [-0.39, 0.29) is 36.7 Å². The van der Waals surface area contributed by atoms with Gasteiger partial charge in [0.05, 0.1) is 24.6 Å². The summed E-state index contributed by atoms with van der Waals surface area (Å²) in [5, 5.41) is 15.2. The van der Waals surface area contributed by atoms with E-state index in [0.717, 1.165) is 5.56 Å². The number of rotatable bonds is 6. The number of likely N-dealkylation sites (tertiary alicyclic amines) is 1. The Bertz CT molecular complexity index is 1090. The van der Waals surface area contributed by atoms with Crippen molar-refractivity contribution in [2.45, 2.75) is 44.8 Å². The molecule has 11 nitrogen and oxygen atoms in total. The summed E-state index contributed by atoms with van der Waals surface area (Å²) < 4.78 is 10.5. The van der Waals surface area contributed by atoms with Gasteiger partial charge in [-0.25, -0.2) is 9.59 Å². The zero-order valence-electron chi connectivity index (χ0n) is 20.9. The van der Waals surface area contributed by atoms with Crippen molar-refractivity contribution in [1.82, 2.24) is 15.5 Å². The fourth-order valence-electron chi connectivity index (χ4n) is 5.08. The van der Waals surface area contributed by atoms with E-state index in [1.807, 2.05) is 12.1 Å². The molecule has 0 spiro atoms. The van der Waals surface area contributed by atoms with Crippen molar-refractivity contribution < 1.29 is 28.7 Å². The lowest BCUT2D eigenvalue weighted by atomic mass is 9.91. The van der Waals surface area contributed by atoms with Crippen molar-refractivity contribution >= 4 is 29.7 Å². The third kappa shape index (κ3) is 4.94. The van der Waals surface area contributed by atoms with Gasteiger partial charge in [0.25, 0.3) is 0 Å². The molecule has 2 N–H and O–H groups in total. The molecule has 0 unspecified atom stereocenters. The minimum absolute atomic E-state index is 0.0117. The topological polar surface area (TPSA) is 141 Å². The smallest absolute Gasteiger partial charge is 0.414 e. The first kappa shape index (κ1) is 25.3. The van der Waals surface area contributed by atoms with Crippen LogP contribution in [0.2, 0.25) is 0 Å². The van der Waals surface area contributed by atoms with E-state index < -0.39 is 29.3 Å². The molecular weight excluding hydrogens is 466 g/mol. The summed E-state index contributed by atoms with van der Waals surface area (Å²) in [6, 6.07) is 9.74. The van der Waals surface area contributed by atoms with Crippen molar-refractivity contribution in [3.05, 3.63) is 29.8 Å². The molecule has 1 aromatic carbocycles. The van der Waals surface area contributed by atoms with Crippen LogP contribution in [-0.2, 0) is 24.5 Å². The largest absolute Gasteiger partial charge is 0.444 e. The minimum Gasteiger partial charge on any atom is -0.444 e. The number of carbonyl (C=O) groups excluding carboxylic acids is 4. The van der Waals surface area contributed by atoms with Crippen LogP contribution in [0, 0.1) is 23.2 Å². The van der Waals surface area contributed by atoms with Gasteiger partial charge in [0, 0.05) is 37.5 Å². The van der Waals surface area contributed by atoms with E-state index in [1.54, 1.807) is 37.8 Å². The Labute approximate surface area is 209 Å². The molecule has 36 heavy (non-hydrogen) atoms. The van der Waals surface area contributed by atoms with Gasteiger partial charge < -0.3 is 25.0 Å². The number of anilines is 1. The van der Waals surface area contributed by atoms with Gasteiger partial charge >= 0.3 is 12.2 Å². The van der Waals surface area contributed by atoms with E-state index >= 15 is 0 Å². The second-order valence-electron chi connectivity index (χ2n) is 10.4. The monoisotopic (exact) mass is 497 g/mol. The highest BCUT2D eigenvalue weighted by Crippen LogP contribution is 2.63. The van der Waals surface area contributed by atoms with E-state index in [9.17, 15) is 24.4 Å². The Kier molecular flexibility index (Phi) is 6.56. The van der Waals surface area contributed by atoms with Gasteiger partial charge in [-0.05, 0) is 38.5 Å². The van der Waals surface area contributed by atoms with Crippen LogP contribution in [-0.4, -0.2) is 73.3 Å². The number of hydrogen-bond donors (Lipinski definition) is 2. The molecule has 3 atom stereocenters. The number of hydrogen-bond acceptors (Lipinski definition) is 7. The van der Waals surface area contributed by atoms with Crippen LogP contribution < -0.4 is 15.5 Å². The Morgan fingerprint density at radius 3 is 2.33 bits per heavy atom. The fraction of sp³-hybridized carbons (Fsp3) is 0.560. The van der Waals surface area contributed by atoms with Gasteiger partial charge in [0.2, 0.25) is 11.8 Å². The molecule has 3 aliphatic rings. The second kappa shape index (κ2) is 9.33. The van der Waals surface area contributed by atoms with Crippen molar-refractivity contribution in [3.8, 4) is 6.07 Å². The summed E-state index contributed by atoms with van der Waals surface area (Å²) in [7, 11) is 0.